The highest BCUT2D eigenvalue weighted by atomic mass is 35.5. The van der Waals surface area contributed by atoms with Crippen molar-refractivity contribution in [2.75, 3.05) is 11.9 Å². The van der Waals surface area contributed by atoms with Gasteiger partial charge in [-0.2, -0.15) is 0 Å². The van der Waals surface area contributed by atoms with Gasteiger partial charge in [-0.15, -0.1) is 0 Å². The van der Waals surface area contributed by atoms with Gasteiger partial charge in [0.1, 0.15) is 6.04 Å². The average Bonchev–Trinajstić information content (AvgIpc) is 2.34. The first-order chi connectivity index (χ1) is 9.02. The van der Waals surface area contributed by atoms with Crippen molar-refractivity contribution in [2.45, 2.75) is 25.8 Å². The first kappa shape index (κ1) is 15.5. The third-order valence-electron chi connectivity index (χ3n) is 2.44. The van der Waals surface area contributed by atoms with Crippen molar-refractivity contribution in [3.63, 3.8) is 0 Å². The molecule has 0 aromatic heterocycles. The molecule has 1 unspecified atom stereocenters. The number of hydrogen-bond donors (Lipinski definition) is 3. The monoisotopic (exact) mass is 284 g/mol. The number of benzene rings is 1. The molecule has 1 rings (SSSR count). The van der Waals surface area contributed by atoms with Crippen LogP contribution in [0.1, 0.15) is 19.8 Å². The lowest BCUT2D eigenvalue weighted by molar-refractivity contribution is -0.141. The van der Waals surface area contributed by atoms with E-state index in [1.807, 2.05) is 6.92 Å². The fourth-order valence-electron chi connectivity index (χ4n) is 1.53. The highest BCUT2D eigenvalue weighted by molar-refractivity contribution is 6.30. The second-order valence-electron chi connectivity index (χ2n) is 4.11. The number of carbonyl (C=O) groups is 2. The molecule has 0 aliphatic carbocycles. The Bertz CT molecular complexity index is 451. The van der Waals surface area contributed by atoms with E-state index in [2.05, 4.69) is 10.6 Å². The third kappa shape index (κ3) is 5.72. The zero-order chi connectivity index (χ0) is 14.3. The molecule has 0 saturated carbocycles. The topological polar surface area (TPSA) is 78.4 Å². The maximum absolute atomic E-state index is 11.7. The lowest BCUT2D eigenvalue weighted by atomic mass is 10.2. The number of anilines is 1. The van der Waals surface area contributed by atoms with Crippen molar-refractivity contribution in [3.05, 3.63) is 29.3 Å². The molecule has 1 atom stereocenters. The second kappa shape index (κ2) is 7.76. The van der Waals surface area contributed by atoms with E-state index < -0.39 is 12.0 Å². The summed E-state index contributed by atoms with van der Waals surface area (Å²) in [4.78, 5) is 22.7. The van der Waals surface area contributed by atoms with Crippen molar-refractivity contribution in [2.24, 2.45) is 0 Å². The van der Waals surface area contributed by atoms with Crippen LogP contribution in [-0.4, -0.2) is 29.6 Å². The van der Waals surface area contributed by atoms with Gasteiger partial charge in [0.2, 0.25) is 5.91 Å². The van der Waals surface area contributed by atoms with Gasteiger partial charge in [-0.1, -0.05) is 24.6 Å². The quantitative estimate of drug-likeness (QED) is 0.717. The van der Waals surface area contributed by atoms with Gasteiger partial charge >= 0.3 is 5.97 Å². The van der Waals surface area contributed by atoms with Gasteiger partial charge < -0.3 is 15.7 Å². The Morgan fingerprint density at radius 3 is 2.74 bits per heavy atom. The Hall–Kier alpha value is -1.59. The summed E-state index contributed by atoms with van der Waals surface area (Å²) in [6.07, 6.45) is 0.682. The highest BCUT2D eigenvalue weighted by Gasteiger charge is 2.20. The number of carboxylic acids is 1. The molecule has 6 heteroatoms. The van der Waals surface area contributed by atoms with Gasteiger partial charge in [-0.3, -0.25) is 9.59 Å². The molecule has 0 radical (unpaired) electrons. The summed E-state index contributed by atoms with van der Waals surface area (Å²) in [7, 11) is 0. The molecule has 1 amide bonds. The van der Waals surface area contributed by atoms with Crippen molar-refractivity contribution < 1.29 is 14.7 Å². The predicted molar refractivity (Wildman–Crippen MR) is 74.4 cm³/mol. The minimum atomic E-state index is -1.03. The predicted octanol–water partition coefficient (Wildman–Crippen LogP) is 2.12. The minimum Gasteiger partial charge on any atom is -0.480 e. The Morgan fingerprint density at radius 1 is 1.42 bits per heavy atom. The number of rotatable bonds is 7. The standard InChI is InChI=1S/C13H17ClN2O3/c1-2-6-15-11(13(18)19)8-12(17)16-10-5-3-4-9(14)7-10/h3-5,7,11,15H,2,6,8H2,1H3,(H,16,17)(H,18,19). The highest BCUT2D eigenvalue weighted by Crippen LogP contribution is 2.15. The first-order valence-electron chi connectivity index (χ1n) is 6.04. The van der Waals surface area contributed by atoms with E-state index in [-0.39, 0.29) is 12.3 Å². The Morgan fingerprint density at radius 2 is 2.16 bits per heavy atom. The molecular weight excluding hydrogens is 268 g/mol. The van der Waals surface area contributed by atoms with E-state index in [4.69, 9.17) is 16.7 Å². The molecule has 104 valence electrons. The Balaban J connectivity index is 2.55. The van der Waals surface area contributed by atoms with Crippen molar-refractivity contribution >= 4 is 29.2 Å². The van der Waals surface area contributed by atoms with Gasteiger partial charge in [0.25, 0.3) is 0 Å². The van der Waals surface area contributed by atoms with E-state index in [0.717, 1.165) is 6.42 Å². The third-order valence-corrected chi connectivity index (χ3v) is 2.67. The van der Waals surface area contributed by atoms with Gasteiger partial charge in [0, 0.05) is 10.7 Å². The number of aliphatic carboxylic acids is 1. The van der Waals surface area contributed by atoms with E-state index in [9.17, 15) is 9.59 Å². The first-order valence-corrected chi connectivity index (χ1v) is 6.42. The molecule has 0 spiro atoms. The molecule has 0 aliphatic heterocycles. The minimum absolute atomic E-state index is 0.123. The van der Waals surface area contributed by atoms with Crippen molar-refractivity contribution in [1.82, 2.24) is 5.32 Å². The van der Waals surface area contributed by atoms with E-state index in [1.54, 1.807) is 24.3 Å². The zero-order valence-electron chi connectivity index (χ0n) is 10.6. The molecule has 0 aliphatic rings. The van der Waals surface area contributed by atoms with Crippen LogP contribution in [0, 0.1) is 0 Å². The van der Waals surface area contributed by atoms with Crippen LogP contribution >= 0.6 is 11.6 Å². The van der Waals surface area contributed by atoms with E-state index >= 15 is 0 Å². The van der Waals surface area contributed by atoms with Gasteiger partial charge in [-0.05, 0) is 31.2 Å². The fourth-order valence-corrected chi connectivity index (χ4v) is 1.72. The molecule has 0 bridgehead atoms. The zero-order valence-corrected chi connectivity index (χ0v) is 11.4. The SMILES string of the molecule is CCCNC(CC(=O)Nc1cccc(Cl)c1)C(=O)O. The van der Waals surface area contributed by atoms with E-state index in [0.29, 0.717) is 17.3 Å². The normalized spacial score (nSPS) is 11.9. The number of nitrogens with one attached hydrogen (secondary N) is 2. The Labute approximate surface area is 117 Å². The molecular formula is C13H17ClN2O3. The molecule has 5 nitrogen and oxygen atoms in total. The number of carbonyl (C=O) groups excluding carboxylic acids is 1. The molecule has 0 heterocycles. The van der Waals surface area contributed by atoms with Crippen LogP contribution in [0.2, 0.25) is 5.02 Å². The Kier molecular flexibility index (Phi) is 6.32. The number of halogens is 1. The van der Waals surface area contributed by atoms with Crippen molar-refractivity contribution in [1.29, 1.82) is 0 Å². The van der Waals surface area contributed by atoms with Gasteiger partial charge in [-0.25, -0.2) is 0 Å². The average molecular weight is 285 g/mol. The summed E-state index contributed by atoms with van der Waals surface area (Å²) in [5.74, 6) is -1.40. The maximum Gasteiger partial charge on any atom is 0.321 e. The fraction of sp³-hybridized carbons (Fsp3) is 0.385. The van der Waals surface area contributed by atoms with Gasteiger partial charge in [0.05, 0.1) is 6.42 Å². The lowest BCUT2D eigenvalue weighted by Crippen LogP contribution is -2.40. The van der Waals surface area contributed by atoms with Crippen LogP contribution in [0.25, 0.3) is 0 Å². The largest absolute Gasteiger partial charge is 0.480 e. The van der Waals surface area contributed by atoms with Crippen LogP contribution in [0.15, 0.2) is 24.3 Å². The second-order valence-corrected chi connectivity index (χ2v) is 4.54. The smallest absolute Gasteiger partial charge is 0.321 e. The van der Waals surface area contributed by atoms with E-state index in [1.165, 1.54) is 0 Å². The van der Waals surface area contributed by atoms with Crippen LogP contribution in [0.3, 0.4) is 0 Å². The molecule has 3 N–H and O–H groups in total. The molecule has 1 aromatic carbocycles. The number of amides is 1. The summed E-state index contributed by atoms with van der Waals surface area (Å²) in [6, 6.07) is 5.83. The van der Waals surface area contributed by atoms with Crippen LogP contribution in [0.5, 0.6) is 0 Å². The van der Waals surface area contributed by atoms with Crippen LogP contribution < -0.4 is 10.6 Å². The summed E-state index contributed by atoms with van der Waals surface area (Å²) < 4.78 is 0. The molecule has 0 fully saturated rings. The van der Waals surface area contributed by atoms with Crippen LogP contribution in [-0.2, 0) is 9.59 Å². The summed E-state index contributed by atoms with van der Waals surface area (Å²) >= 11 is 5.80. The summed E-state index contributed by atoms with van der Waals surface area (Å²) in [5.41, 5.74) is 0.553. The van der Waals surface area contributed by atoms with Crippen molar-refractivity contribution in [3.8, 4) is 0 Å². The maximum atomic E-state index is 11.7. The number of carboxylic acid groups (broad SMARTS) is 1. The molecule has 0 saturated heterocycles. The summed E-state index contributed by atoms with van der Waals surface area (Å²) in [6.45, 7) is 2.49. The molecule has 19 heavy (non-hydrogen) atoms. The lowest BCUT2D eigenvalue weighted by Gasteiger charge is -2.13. The molecule has 1 aromatic rings. The van der Waals surface area contributed by atoms with Crippen LogP contribution in [0.4, 0.5) is 5.69 Å². The number of hydrogen-bond acceptors (Lipinski definition) is 3. The van der Waals surface area contributed by atoms with Gasteiger partial charge in [0.15, 0.2) is 0 Å². The summed E-state index contributed by atoms with van der Waals surface area (Å²) in [5, 5.41) is 14.9.